The lowest BCUT2D eigenvalue weighted by Crippen LogP contribution is -1.97. The summed E-state index contributed by atoms with van der Waals surface area (Å²) in [5.41, 5.74) is 0.106. The lowest BCUT2D eigenvalue weighted by atomic mass is 10.2. The monoisotopic (exact) mass is 233 g/mol. The predicted molar refractivity (Wildman–Crippen MR) is 57.4 cm³/mol. The average molecular weight is 233 g/mol. The van der Waals surface area contributed by atoms with Gasteiger partial charge in [0.2, 0.25) is 5.52 Å². The van der Waals surface area contributed by atoms with Crippen LogP contribution in [0, 0.1) is 22.5 Å². The van der Waals surface area contributed by atoms with Crippen LogP contribution in [0.1, 0.15) is 6.42 Å². The summed E-state index contributed by atoms with van der Waals surface area (Å²) in [6.45, 7) is 0.302. The molecule has 1 aromatic carbocycles. The van der Waals surface area contributed by atoms with E-state index in [1.165, 1.54) is 12.1 Å². The molecule has 7 nitrogen and oxygen atoms in total. The number of hydrogen-bond acceptors (Lipinski definition) is 6. The van der Waals surface area contributed by atoms with E-state index in [9.17, 15) is 10.1 Å². The first-order valence-electron chi connectivity index (χ1n) is 4.70. The highest BCUT2D eigenvalue weighted by Gasteiger charge is 2.20. The first kappa shape index (κ1) is 10.9. The summed E-state index contributed by atoms with van der Waals surface area (Å²) in [5, 5.41) is 17.8. The first-order valence-corrected chi connectivity index (χ1v) is 4.70. The minimum Gasteiger partial charge on any atom is -0.490 e. The van der Waals surface area contributed by atoms with Gasteiger partial charge in [-0.15, -0.1) is 12.3 Å². The highest BCUT2D eigenvalue weighted by atomic mass is 16.6. The fraction of sp³-hybridized carbons (Fsp3) is 0.200. The van der Waals surface area contributed by atoms with Crippen molar-refractivity contribution in [2.45, 2.75) is 6.42 Å². The number of non-ortho nitro benzene ring substituents is 1. The Morgan fingerprint density at radius 3 is 2.94 bits per heavy atom. The van der Waals surface area contributed by atoms with Crippen LogP contribution in [0.3, 0.4) is 0 Å². The average Bonchev–Trinajstić information content (AvgIpc) is 2.78. The third-order valence-electron chi connectivity index (χ3n) is 2.06. The number of benzene rings is 1. The standard InChI is InChI=1S/C10H7N3O4/c1-2-3-6-16-8-5-4-7(13(14)15)9-10(8)12-17-11-9/h1,4-5H,3,6H2. The zero-order valence-corrected chi connectivity index (χ0v) is 8.62. The molecule has 0 saturated carbocycles. The van der Waals surface area contributed by atoms with Crippen LogP contribution in [0.15, 0.2) is 16.8 Å². The van der Waals surface area contributed by atoms with Crippen LogP contribution in [-0.2, 0) is 0 Å². The van der Waals surface area contributed by atoms with Crippen LogP contribution >= 0.6 is 0 Å². The minimum atomic E-state index is -0.558. The Balaban J connectivity index is 2.40. The van der Waals surface area contributed by atoms with Gasteiger partial charge in [-0.05, 0) is 16.4 Å². The van der Waals surface area contributed by atoms with Crippen LogP contribution in [0.2, 0.25) is 0 Å². The molecule has 0 unspecified atom stereocenters. The van der Waals surface area contributed by atoms with Crippen molar-refractivity contribution in [3.05, 3.63) is 22.2 Å². The van der Waals surface area contributed by atoms with E-state index in [0.29, 0.717) is 18.8 Å². The van der Waals surface area contributed by atoms with E-state index in [4.69, 9.17) is 11.2 Å². The molecule has 0 atom stereocenters. The molecule has 17 heavy (non-hydrogen) atoms. The summed E-state index contributed by atoms with van der Waals surface area (Å²) in [4.78, 5) is 10.2. The van der Waals surface area contributed by atoms with Gasteiger partial charge in [-0.25, -0.2) is 4.63 Å². The van der Waals surface area contributed by atoms with Gasteiger partial charge in [0, 0.05) is 12.5 Å². The van der Waals surface area contributed by atoms with Gasteiger partial charge < -0.3 is 4.74 Å². The molecule has 0 fully saturated rings. The largest absolute Gasteiger partial charge is 0.490 e. The highest BCUT2D eigenvalue weighted by molar-refractivity contribution is 5.88. The Labute approximate surface area is 95.5 Å². The molecule has 0 amide bonds. The normalized spacial score (nSPS) is 10.1. The van der Waals surface area contributed by atoms with E-state index in [-0.39, 0.29) is 16.7 Å². The number of rotatable bonds is 4. The van der Waals surface area contributed by atoms with Gasteiger partial charge in [0.05, 0.1) is 11.5 Å². The summed E-state index contributed by atoms with van der Waals surface area (Å²) in [5.74, 6) is 2.78. The Bertz CT molecular complexity index is 599. The van der Waals surface area contributed by atoms with E-state index in [1.54, 1.807) is 0 Å². The second-order valence-electron chi connectivity index (χ2n) is 3.10. The fourth-order valence-corrected chi connectivity index (χ4v) is 1.31. The molecule has 7 heteroatoms. The highest BCUT2D eigenvalue weighted by Crippen LogP contribution is 2.30. The number of ether oxygens (including phenoxy) is 1. The summed E-state index contributed by atoms with van der Waals surface area (Å²) in [6, 6.07) is 2.74. The zero-order chi connectivity index (χ0) is 12.3. The Morgan fingerprint density at radius 2 is 2.24 bits per heavy atom. The topological polar surface area (TPSA) is 91.3 Å². The minimum absolute atomic E-state index is 0.0632. The summed E-state index contributed by atoms with van der Waals surface area (Å²) >= 11 is 0. The second-order valence-corrected chi connectivity index (χ2v) is 3.10. The van der Waals surface area contributed by atoms with Crippen LogP contribution < -0.4 is 4.74 Å². The Morgan fingerprint density at radius 1 is 1.47 bits per heavy atom. The SMILES string of the molecule is C#CCCOc1ccc([N+](=O)[O-])c2nonc12. The van der Waals surface area contributed by atoms with Crippen LogP contribution in [0.4, 0.5) is 5.69 Å². The number of aromatic nitrogens is 2. The molecule has 0 aliphatic rings. The smallest absolute Gasteiger partial charge is 0.301 e. The van der Waals surface area contributed by atoms with E-state index < -0.39 is 4.92 Å². The maximum atomic E-state index is 10.7. The molecule has 1 heterocycles. The molecular formula is C10H7N3O4. The quantitative estimate of drug-likeness (QED) is 0.344. The van der Waals surface area contributed by atoms with E-state index in [0.717, 1.165) is 0 Å². The lowest BCUT2D eigenvalue weighted by molar-refractivity contribution is -0.383. The molecular weight excluding hydrogens is 226 g/mol. The van der Waals surface area contributed by atoms with Crippen molar-refractivity contribution in [2.75, 3.05) is 6.61 Å². The molecule has 0 radical (unpaired) electrons. The maximum Gasteiger partial charge on any atom is 0.301 e. The molecule has 0 bridgehead atoms. The molecule has 1 aromatic heterocycles. The van der Waals surface area contributed by atoms with Crippen molar-refractivity contribution in [3.8, 4) is 18.1 Å². The predicted octanol–water partition coefficient (Wildman–Crippen LogP) is 1.53. The third kappa shape index (κ3) is 2.01. The molecule has 0 aliphatic carbocycles. The second kappa shape index (κ2) is 4.49. The van der Waals surface area contributed by atoms with Crippen molar-refractivity contribution < 1.29 is 14.3 Å². The number of terminal acetylenes is 1. The molecule has 0 spiro atoms. The van der Waals surface area contributed by atoms with Gasteiger partial charge >= 0.3 is 5.69 Å². The van der Waals surface area contributed by atoms with Gasteiger partial charge in [-0.1, -0.05) is 0 Å². The molecule has 0 N–H and O–H groups in total. The molecule has 2 rings (SSSR count). The fourth-order valence-electron chi connectivity index (χ4n) is 1.31. The van der Waals surface area contributed by atoms with Gasteiger partial charge in [0.15, 0.2) is 11.3 Å². The van der Waals surface area contributed by atoms with Crippen LogP contribution in [0.25, 0.3) is 11.0 Å². The number of hydrogen-bond donors (Lipinski definition) is 0. The van der Waals surface area contributed by atoms with Crippen molar-refractivity contribution in [1.29, 1.82) is 0 Å². The van der Waals surface area contributed by atoms with Gasteiger partial charge in [0.25, 0.3) is 0 Å². The van der Waals surface area contributed by atoms with Crippen LogP contribution in [0.5, 0.6) is 5.75 Å². The summed E-state index contributed by atoms with van der Waals surface area (Å²) < 4.78 is 9.80. The van der Waals surface area contributed by atoms with Gasteiger partial charge in [-0.3, -0.25) is 10.1 Å². The number of nitro groups is 1. The van der Waals surface area contributed by atoms with Crippen LogP contribution in [-0.4, -0.2) is 21.8 Å². The van der Waals surface area contributed by atoms with Gasteiger partial charge in [0.1, 0.15) is 0 Å². The van der Waals surface area contributed by atoms with E-state index in [2.05, 4.69) is 20.9 Å². The zero-order valence-electron chi connectivity index (χ0n) is 8.62. The number of fused-ring (bicyclic) bond motifs is 1. The van der Waals surface area contributed by atoms with Crippen molar-refractivity contribution >= 4 is 16.7 Å². The van der Waals surface area contributed by atoms with Crippen molar-refractivity contribution in [2.24, 2.45) is 0 Å². The van der Waals surface area contributed by atoms with E-state index in [1.807, 2.05) is 0 Å². The van der Waals surface area contributed by atoms with Gasteiger partial charge in [-0.2, -0.15) is 0 Å². The van der Waals surface area contributed by atoms with Crippen molar-refractivity contribution in [3.63, 3.8) is 0 Å². The lowest BCUT2D eigenvalue weighted by Gasteiger charge is -2.03. The summed E-state index contributed by atoms with van der Waals surface area (Å²) in [7, 11) is 0. The molecule has 0 aliphatic heterocycles. The third-order valence-corrected chi connectivity index (χ3v) is 2.06. The summed E-state index contributed by atoms with van der Waals surface area (Å²) in [6.07, 6.45) is 5.52. The number of nitrogens with zero attached hydrogens (tertiary/aromatic N) is 3. The molecule has 86 valence electrons. The molecule has 0 saturated heterocycles. The number of nitro benzene ring substituents is 1. The van der Waals surface area contributed by atoms with Crippen molar-refractivity contribution in [1.82, 2.24) is 10.3 Å². The Hall–Kier alpha value is -2.62. The maximum absolute atomic E-state index is 10.7. The Kier molecular flexibility index (Phi) is 2.87. The molecule has 2 aromatic rings. The van der Waals surface area contributed by atoms with E-state index >= 15 is 0 Å². The first-order chi connectivity index (χ1) is 8.24.